The molecule has 0 radical (unpaired) electrons. The van der Waals surface area contributed by atoms with Crippen molar-refractivity contribution >= 4 is 5.78 Å². The Morgan fingerprint density at radius 3 is 2.63 bits per heavy atom. The van der Waals surface area contributed by atoms with Crippen molar-refractivity contribution < 1.29 is 9.53 Å². The van der Waals surface area contributed by atoms with Crippen LogP contribution in [0.25, 0.3) is 0 Å². The molecule has 0 unspecified atom stereocenters. The average molecular weight is 259 g/mol. The van der Waals surface area contributed by atoms with Crippen LogP contribution in [0.2, 0.25) is 0 Å². The molecule has 0 spiro atoms. The number of carbonyl (C=O) groups is 1. The lowest BCUT2D eigenvalue weighted by atomic mass is 9.77. The summed E-state index contributed by atoms with van der Waals surface area (Å²) in [6.07, 6.45) is 7.52. The van der Waals surface area contributed by atoms with Gasteiger partial charge in [-0.1, -0.05) is 31.4 Å². The predicted molar refractivity (Wildman–Crippen MR) is 74.4 cm³/mol. The van der Waals surface area contributed by atoms with E-state index in [1.54, 1.807) is 0 Å². The first kappa shape index (κ1) is 12.7. The molecule has 2 N–H and O–H groups in total. The second-order valence-corrected chi connectivity index (χ2v) is 5.89. The molecule has 102 valence electrons. The van der Waals surface area contributed by atoms with E-state index in [-0.39, 0.29) is 5.78 Å². The maximum absolute atomic E-state index is 12.6. The third kappa shape index (κ3) is 2.81. The molecule has 1 aromatic rings. The van der Waals surface area contributed by atoms with Gasteiger partial charge in [0.25, 0.3) is 0 Å². The molecule has 19 heavy (non-hydrogen) atoms. The predicted octanol–water partition coefficient (Wildman–Crippen LogP) is 3.07. The van der Waals surface area contributed by atoms with Gasteiger partial charge in [-0.3, -0.25) is 4.79 Å². The highest BCUT2D eigenvalue weighted by molar-refractivity contribution is 6.03. The summed E-state index contributed by atoms with van der Waals surface area (Å²) in [5.74, 6) is 0.876. The minimum atomic E-state index is -0.656. The Kier molecular flexibility index (Phi) is 3.31. The van der Waals surface area contributed by atoms with Crippen molar-refractivity contribution in [2.24, 2.45) is 5.73 Å². The van der Waals surface area contributed by atoms with E-state index in [1.165, 1.54) is 6.42 Å². The zero-order valence-electron chi connectivity index (χ0n) is 11.2. The number of ether oxygens (including phenoxy) is 1. The molecule has 2 aliphatic carbocycles. The third-order valence-electron chi connectivity index (χ3n) is 4.12. The summed E-state index contributed by atoms with van der Waals surface area (Å²) in [5.41, 5.74) is 6.35. The smallest absolute Gasteiger partial charge is 0.182 e. The van der Waals surface area contributed by atoms with Crippen LogP contribution in [0, 0.1) is 0 Å². The van der Waals surface area contributed by atoms with E-state index in [0.29, 0.717) is 11.7 Å². The van der Waals surface area contributed by atoms with E-state index >= 15 is 0 Å². The minimum Gasteiger partial charge on any atom is -0.490 e. The van der Waals surface area contributed by atoms with Gasteiger partial charge >= 0.3 is 0 Å². The lowest BCUT2D eigenvalue weighted by Crippen LogP contribution is -2.49. The summed E-state index contributed by atoms with van der Waals surface area (Å²) < 4.78 is 5.74. The van der Waals surface area contributed by atoms with Crippen LogP contribution in [0.5, 0.6) is 5.75 Å². The van der Waals surface area contributed by atoms with Crippen molar-refractivity contribution in [1.29, 1.82) is 0 Å². The van der Waals surface area contributed by atoms with Gasteiger partial charge in [-0.25, -0.2) is 0 Å². The van der Waals surface area contributed by atoms with Gasteiger partial charge in [0.15, 0.2) is 5.78 Å². The SMILES string of the molecule is NC1(C(=O)c2cccc(OC3CC3)c2)CCCCC1. The van der Waals surface area contributed by atoms with Crippen LogP contribution in [-0.2, 0) is 0 Å². The monoisotopic (exact) mass is 259 g/mol. The van der Waals surface area contributed by atoms with Gasteiger partial charge in [0, 0.05) is 5.56 Å². The Hall–Kier alpha value is -1.35. The Morgan fingerprint density at radius 1 is 1.21 bits per heavy atom. The Labute approximate surface area is 114 Å². The van der Waals surface area contributed by atoms with E-state index in [4.69, 9.17) is 10.5 Å². The molecule has 0 aliphatic heterocycles. The van der Waals surface area contributed by atoms with Crippen molar-refractivity contribution in [3.05, 3.63) is 29.8 Å². The zero-order chi connectivity index (χ0) is 13.3. The Balaban J connectivity index is 1.78. The van der Waals surface area contributed by atoms with Crippen LogP contribution in [-0.4, -0.2) is 17.4 Å². The van der Waals surface area contributed by atoms with Crippen molar-refractivity contribution in [3.8, 4) is 5.75 Å². The molecule has 3 nitrogen and oxygen atoms in total. The molecule has 0 aromatic heterocycles. The van der Waals surface area contributed by atoms with Crippen molar-refractivity contribution in [3.63, 3.8) is 0 Å². The highest BCUT2D eigenvalue weighted by atomic mass is 16.5. The molecule has 0 heterocycles. The standard InChI is InChI=1S/C16H21NO2/c17-16(9-2-1-3-10-16)15(18)12-5-4-6-14(11-12)19-13-7-8-13/h4-6,11,13H,1-3,7-10,17H2. The lowest BCUT2D eigenvalue weighted by Gasteiger charge is -2.31. The molecule has 2 aliphatic rings. The van der Waals surface area contributed by atoms with Crippen LogP contribution >= 0.6 is 0 Å². The molecule has 2 saturated carbocycles. The van der Waals surface area contributed by atoms with E-state index in [1.807, 2.05) is 24.3 Å². The second-order valence-electron chi connectivity index (χ2n) is 5.89. The molecule has 0 amide bonds. The second kappa shape index (κ2) is 4.97. The number of ketones is 1. The highest BCUT2D eigenvalue weighted by Crippen LogP contribution is 2.31. The highest BCUT2D eigenvalue weighted by Gasteiger charge is 2.36. The fourth-order valence-corrected chi connectivity index (χ4v) is 2.79. The van der Waals surface area contributed by atoms with Gasteiger partial charge in [-0.15, -0.1) is 0 Å². The number of nitrogens with two attached hydrogens (primary N) is 1. The minimum absolute atomic E-state index is 0.0773. The zero-order valence-corrected chi connectivity index (χ0v) is 11.2. The number of hydrogen-bond donors (Lipinski definition) is 1. The van der Waals surface area contributed by atoms with Gasteiger partial charge in [0.2, 0.25) is 0 Å². The molecule has 1 aromatic carbocycles. The van der Waals surface area contributed by atoms with Crippen LogP contribution < -0.4 is 10.5 Å². The molecular formula is C16H21NO2. The van der Waals surface area contributed by atoms with E-state index < -0.39 is 5.54 Å². The van der Waals surface area contributed by atoms with Crippen molar-refractivity contribution in [2.45, 2.75) is 56.6 Å². The number of benzene rings is 1. The van der Waals surface area contributed by atoms with Crippen LogP contribution in [0.15, 0.2) is 24.3 Å². The summed E-state index contributed by atoms with van der Waals surface area (Å²) in [6.45, 7) is 0. The van der Waals surface area contributed by atoms with Crippen molar-refractivity contribution in [2.75, 3.05) is 0 Å². The fourth-order valence-electron chi connectivity index (χ4n) is 2.79. The quantitative estimate of drug-likeness (QED) is 0.845. The van der Waals surface area contributed by atoms with Crippen LogP contribution in [0.1, 0.15) is 55.3 Å². The first-order chi connectivity index (χ1) is 9.17. The number of carbonyl (C=O) groups excluding carboxylic acids is 1. The fraction of sp³-hybridized carbons (Fsp3) is 0.562. The summed E-state index contributed by atoms with van der Waals surface area (Å²) >= 11 is 0. The van der Waals surface area contributed by atoms with Crippen LogP contribution in [0.3, 0.4) is 0 Å². The van der Waals surface area contributed by atoms with Gasteiger partial charge in [-0.2, -0.15) is 0 Å². The molecule has 0 bridgehead atoms. The number of Topliss-reactive ketones (excluding diaryl/α,β-unsaturated/α-hetero) is 1. The van der Waals surface area contributed by atoms with Gasteiger partial charge in [0.05, 0.1) is 11.6 Å². The maximum Gasteiger partial charge on any atom is 0.182 e. The molecule has 0 atom stereocenters. The van der Waals surface area contributed by atoms with Crippen LogP contribution in [0.4, 0.5) is 0 Å². The molecular weight excluding hydrogens is 238 g/mol. The summed E-state index contributed by atoms with van der Waals surface area (Å²) in [7, 11) is 0. The molecule has 3 heteroatoms. The maximum atomic E-state index is 12.6. The van der Waals surface area contributed by atoms with E-state index in [2.05, 4.69) is 0 Å². The van der Waals surface area contributed by atoms with E-state index in [0.717, 1.165) is 44.3 Å². The van der Waals surface area contributed by atoms with E-state index in [9.17, 15) is 4.79 Å². The average Bonchev–Trinajstić information content (AvgIpc) is 3.23. The molecule has 0 saturated heterocycles. The molecule has 3 rings (SSSR count). The largest absolute Gasteiger partial charge is 0.490 e. The van der Waals surface area contributed by atoms with Gasteiger partial charge in [0.1, 0.15) is 5.75 Å². The topological polar surface area (TPSA) is 52.3 Å². The first-order valence-electron chi connectivity index (χ1n) is 7.28. The van der Waals surface area contributed by atoms with Gasteiger partial charge in [-0.05, 0) is 37.8 Å². The summed E-state index contributed by atoms with van der Waals surface area (Å²) in [5, 5.41) is 0. The molecule has 2 fully saturated rings. The third-order valence-corrected chi connectivity index (χ3v) is 4.12. The normalized spacial score (nSPS) is 21.9. The number of rotatable bonds is 4. The number of hydrogen-bond acceptors (Lipinski definition) is 3. The Morgan fingerprint density at radius 2 is 1.95 bits per heavy atom. The lowest BCUT2D eigenvalue weighted by molar-refractivity contribution is 0.0847. The summed E-state index contributed by atoms with van der Waals surface area (Å²) in [6, 6.07) is 7.51. The summed E-state index contributed by atoms with van der Waals surface area (Å²) in [4.78, 5) is 12.6. The first-order valence-corrected chi connectivity index (χ1v) is 7.28. The van der Waals surface area contributed by atoms with Crippen molar-refractivity contribution in [1.82, 2.24) is 0 Å². The van der Waals surface area contributed by atoms with Gasteiger partial charge < -0.3 is 10.5 Å². The Bertz CT molecular complexity index is 473.